The van der Waals surface area contributed by atoms with Gasteiger partial charge in [0, 0.05) is 11.8 Å². The van der Waals surface area contributed by atoms with E-state index in [0.717, 1.165) is 24.8 Å². The number of nitrogens with zero attached hydrogens (tertiary/aromatic N) is 4. The van der Waals surface area contributed by atoms with Crippen molar-refractivity contribution in [3.63, 3.8) is 0 Å². The van der Waals surface area contributed by atoms with Crippen LogP contribution >= 0.6 is 0 Å². The topological polar surface area (TPSA) is 88.1 Å². The SMILES string of the molecule is COc1cc(N)ccc1-c1nnnn1C1CC2CCC1O2. The second-order valence-electron chi connectivity index (χ2n) is 5.58. The molecule has 3 atom stereocenters. The smallest absolute Gasteiger partial charge is 0.186 e. The lowest BCUT2D eigenvalue weighted by atomic mass is 9.95. The molecule has 2 N–H and O–H groups in total. The van der Waals surface area contributed by atoms with E-state index in [1.165, 1.54) is 0 Å². The van der Waals surface area contributed by atoms with Crippen LogP contribution in [0.15, 0.2) is 18.2 Å². The van der Waals surface area contributed by atoms with E-state index < -0.39 is 0 Å². The molecule has 110 valence electrons. The molecule has 0 saturated carbocycles. The zero-order valence-electron chi connectivity index (χ0n) is 11.8. The molecule has 7 heteroatoms. The second kappa shape index (κ2) is 4.70. The molecule has 0 aliphatic carbocycles. The molecule has 2 aliphatic heterocycles. The predicted molar refractivity (Wildman–Crippen MR) is 75.8 cm³/mol. The van der Waals surface area contributed by atoms with Crippen LogP contribution in [-0.4, -0.2) is 39.5 Å². The molecular formula is C14H17N5O2. The molecular weight excluding hydrogens is 270 g/mol. The molecule has 2 aromatic rings. The molecule has 1 aromatic heterocycles. The largest absolute Gasteiger partial charge is 0.496 e. The highest BCUT2D eigenvalue weighted by atomic mass is 16.5. The van der Waals surface area contributed by atoms with Crippen LogP contribution in [0.4, 0.5) is 5.69 Å². The number of fused-ring (bicyclic) bond motifs is 2. The van der Waals surface area contributed by atoms with Gasteiger partial charge in [-0.1, -0.05) is 0 Å². The van der Waals surface area contributed by atoms with Gasteiger partial charge in [0.25, 0.3) is 0 Å². The second-order valence-corrected chi connectivity index (χ2v) is 5.58. The molecule has 4 rings (SSSR count). The van der Waals surface area contributed by atoms with Gasteiger partial charge in [-0.3, -0.25) is 0 Å². The minimum atomic E-state index is 0.205. The highest BCUT2D eigenvalue weighted by molar-refractivity contribution is 5.67. The van der Waals surface area contributed by atoms with Gasteiger partial charge in [-0.25, -0.2) is 4.68 Å². The fraction of sp³-hybridized carbons (Fsp3) is 0.500. The standard InChI is InChI=1S/C14H17N5O2/c1-20-13-6-8(15)2-4-10(13)14-16-17-18-19(14)11-7-9-3-5-12(11)21-9/h2,4,6,9,11-12H,3,5,7,15H2,1H3. The normalized spacial score (nSPS) is 27.2. The number of hydrogen-bond donors (Lipinski definition) is 1. The minimum absolute atomic E-state index is 0.205. The molecule has 0 radical (unpaired) electrons. The number of ether oxygens (including phenoxy) is 2. The fourth-order valence-electron chi connectivity index (χ4n) is 3.36. The Morgan fingerprint density at radius 2 is 2.29 bits per heavy atom. The highest BCUT2D eigenvalue weighted by Crippen LogP contribution is 2.43. The summed E-state index contributed by atoms with van der Waals surface area (Å²) >= 11 is 0. The summed E-state index contributed by atoms with van der Waals surface area (Å²) in [4.78, 5) is 0. The van der Waals surface area contributed by atoms with Gasteiger partial charge in [-0.2, -0.15) is 0 Å². The first-order chi connectivity index (χ1) is 10.3. The van der Waals surface area contributed by atoms with E-state index in [4.69, 9.17) is 15.2 Å². The van der Waals surface area contributed by atoms with E-state index in [1.54, 1.807) is 13.2 Å². The number of hydrogen-bond acceptors (Lipinski definition) is 6. The summed E-state index contributed by atoms with van der Waals surface area (Å²) in [5, 5.41) is 12.2. The van der Waals surface area contributed by atoms with Gasteiger partial charge in [0.2, 0.25) is 0 Å². The summed E-state index contributed by atoms with van der Waals surface area (Å²) in [6, 6.07) is 5.71. The Labute approximate surface area is 122 Å². The Hall–Kier alpha value is -2.15. The van der Waals surface area contributed by atoms with Gasteiger partial charge in [0.15, 0.2) is 5.82 Å². The van der Waals surface area contributed by atoms with Gasteiger partial charge in [-0.05, 0) is 41.8 Å². The van der Waals surface area contributed by atoms with Crippen molar-refractivity contribution in [2.45, 2.75) is 37.5 Å². The van der Waals surface area contributed by atoms with Crippen molar-refractivity contribution in [2.24, 2.45) is 0 Å². The summed E-state index contributed by atoms with van der Waals surface area (Å²) in [5.41, 5.74) is 7.31. The zero-order valence-corrected chi connectivity index (χ0v) is 11.8. The molecule has 21 heavy (non-hydrogen) atoms. The van der Waals surface area contributed by atoms with E-state index in [-0.39, 0.29) is 12.1 Å². The maximum Gasteiger partial charge on any atom is 0.186 e. The van der Waals surface area contributed by atoms with Gasteiger partial charge in [0.1, 0.15) is 5.75 Å². The van der Waals surface area contributed by atoms with Crippen LogP contribution in [0.25, 0.3) is 11.4 Å². The molecule has 2 bridgehead atoms. The summed E-state index contributed by atoms with van der Waals surface area (Å²) in [5.74, 6) is 1.38. The van der Waals surface area contributed by atoms with E-state index in [1.807, 2.05) is 16.8 Å². The fourth-order valence-corrected chi connectivity index (χ4v) is 3.36. The lowest BCUT2D eigenvalue weighted by molar-refractivity contribution is 0.0922. The number of rotatable bonds is 3. The van der Waals surface area contributed by atoms with E-state index in [2.05, 4.69) is 15.5 Å². The third kappa shape index (κ3) is 1.96. The number of anilines is 1. The van der Waals surface area contributed by atoms with E-state index in [0.29, 0.717) is 23.4 Å². The van der Waals surface area contributed by atoms with Crippen LogP contribution in [0.1, 0.15) is 25.3 Å². The number of tetrazole rings is 1. The van der Waals surface area contributed by atoms with Crippen LogP contribution in [0.2, 0.25) is 0 Å². The first-order valence-corrected chi connectivity index (χ1v) is 7.13. The summed E-state index contributed by atoms with van der Waals surface area (Å²) in [7, 11) is 1.62. The molecule has 0 spiro atoms. The Bertz CT molecular complexity index is 671. The first kappa shape index (κ1) is 12.6. The van der Waals surface area contributed by atoms with Crippen molar-refractivity contribution in [1.29, 1.82) is 0 Å². The first-order valence-electron chi connectivity index (χ1n) is 7.13. The lowest BCUT2D eigenvalue weighted by Gasteiger charge is -2.20. The van der Waals surface area contributed by atoms with Gasteiger partial charge < -0.3 is 15.2 Å². The van der Waals surface area contributed by atoms with Crippen LogP contribution in [0, 0.1) is 0 Å². The predicted octanol–water partition coefficient (Wildman–Crippen LogP) is 1.42. The Morgan fingerprint density at radius 3 is 3.00 bits per heavy atom. The molecule has 2 saturated heterocycles. The zero-order chi connectivity index (χ0) is 14.4. The quantitative estimate of drug-likeness (QED) is 0.859. The monoisotopic (exact) mass is 287 g/mol. The number of methoxy groups -OCH3 is 1. The minimum Gasteiger partial charge on any atom is -0.496 e. The molecule has 2 fully saturated rings. The number of nitrogens with two attached hydrogens (primary N) is 1. The van der Waals surface area contributed by atoms with Crippen molar-refractivity contribution in [2.75, 3.05) is 12.8 Å². The molecule has 7 nitrogen and oxygen atoms in total. The summed E-state index contributed by atoms with van der Waals surface area (Å²) in [6.07, 6.45) is 3.76. The van der Waals surface area contributed by atoms with Gasteiger partial charge >= 0.3 is 0 Å². The summed E-state index contributed by atoms with van der Waals surface area (Å²) < 4.78 is 13.2. The number of benzene rings is 1. The van der Waals surface area contributed by atoms with Crippen molar-refractivity contribution in [1.82, 2.24) is 20.2 Å². The van der Waals surface area contributed by atoms with Gasteiger partial charge in [0.05, 0.1) is 30.9 Å². The highest BCUT2D eigenvalue weighted by Gasteiger charge is 2.43. The third-order valence-corrected chi connectivity index (χ3v) is 4.35. The van der Waals surface area contributed by atoms with Crippen LogP contribution in [0.5, 0.6) is 5.75 Å². The Morgan fingerprint density at radius 1 is 1.38 bits per heavy atom. The van der Waals surface area contributed by atoms with Crippen molar-refractivity contribution in [3.05, 3.63) is 18.2 Å². The molecule has 3 unspecified atom stereocenters. The maximum absolute atomic E-state index is 5.91. The van der Waals surface area contributed by atoms with Crippen LogP contribution in [0.3, 0.4) is 0 Å². The number of aromatic nitrogens is 4. The average molecular weight is 287 g/mol. The lowest BCUT2D eigenvalue weighted by Crippen LogP contribution is -2.23. The average Bonchev–Trinajstić information content (AvgIpc) is 3.22. The van der Waals surface area contributed by atoms with E-state index in [9.17, 15) is 0 Å². The van der Waals surface area contributed by atoms with Crippen molar-refractivity contribution >= 4 is 5.69 Å². The molecule has 0 amide bonds. The van der Waals surface area contributed by atoms with Crippen LogP contribution < -0.4 is 10.5 Å². The maximum atomic E-state index is 5.91. The van der Waals surface area contributed by atoms with Crippen molar-refractivity contribution in [3.8, 4) is 17.1 Å². The molecule has 1 aromatic carbocycles. The van der Waals surface area contributed by atoms with Gasteiger partial charge in [-0.15, -0.1) is 5.10 Å². The Kier molecular flexibility index (Phi) is 2.81. The van der Waals surface area contributed by atoms with Crippen molar-refractivity contribution < 1.29 is 9.47 Å². The molecule has 3 heterocycles. The molecule has 2 aliphatic rings. The van der Waals surface area contributed by atoms with E-state index >= 15 is 0 Å². The van der Waals surface area contributed by atoms with Crippen LogP contribution in [-0.2, 0) is 4.74 Å². The Balaban J connectivity index is 1.75. The summed E-state index contributed by atoms with van der Waals surface area (Å²) in [6.45, 7) is 0. The number of nitrogen functional groups attached to an aromatic ring is 1. The third-order valence-electron chi connectivity index (χ3n) is 4.35.